The average Bonchev–Trinajstić information content (AvgIpc) is 3.31. The fraction of sp³-hybridized carbons (Fsp3) is 0.280. The summed E-state index contributed by atoms with van der Waals surface area (Å²) in [6.45, 7) is 6.07. The summed E-state index contributed by atoms with van der Waals surface area (Å²) in [5.74, 6) is 0.649. The first-order valence-corrected chi connectivity index (χ1v) is 11.1. The van der Waals surface area contributed by atoms with E-state index in [0.29, 0.717) is 22.8 Å². The van der Waals surface area contributed by atoms with E-state index in [2.05, 4.69) is 24.0 Å². The van der Waals surface area contributed by atoms with E-state index in [1.165, 1.54) is 0 Å². The number of benzene rings is 1. The molecule has 0 fully saturated rings. The summed E-state index contributed by atoms with van der Waals surface area (Å²) in [5, 5.41) is 4.19. The second kappa shape index (κ2) is 9.38. The van der Waals surface area contributed by atoms with Crippen molar-refractivity contribution in [3.8, 4) is 34.0 Å². The minimum atomic E-state index is -0.0854. The Morgan fingerprint density at radius 1 is 1.06 bits per heavy atom. The molecule has 0 aliphatic rings. The molecule has 33 heavy (non-hydrogen) atoms. The van der Waals surface area contributed by atoms with Crippen LogP contribution >= 0.6 is 0 Å². The lowest BCUT2D eigenvalue weighted by Gasteiger charge is -2.17. The molecule has 0 spiro atoms. The Kier molecular flexibility index (Phi) is 6.37. The maximum atomic E-state index is 12.4. The van der Waals surface area contributed by atoms with E-state index in [4.69, 9.17) is 21.0 Å². The predicted octanol–water partition coefficient (Wildman–Crippen LogP) is 4.59. The molecule has 4 rings (SSSR count). The van der Waals surface area contributed by atoms with Crippen molar-refractivity contribution in [2.24, 2.45) is 5.73 Å². The van der Waals surface area contributed by atoms with Gasteiger partial charge in [-0.05, 0) is 37.5 Å². The number of hydrogen-bond acceptors (Lipinski definition) is 7. The van der Waals surface area contributed by atoms with Crippen molar-refractivity contribution < 1.29 is 4.52 Å². The van der Waals surface area contributed by atoms with E-state index < -0.39 is 0 Å². The zero-order chi connectivity index (χ0) is 23.5. The minimum Gasteiger partial charge on any atom is -0.382 e. The molecule has 4 aromatic rings. The van der Waals surface area contributed by atoms with Crippen LogP contribution in [-0.2, 0) is 0 Å². The van der Waals surface area contributed by atoms with Gasteiger partial charge in [-0.25, -0.2) is 9.97 Å². The normalized spacial score (nSPS) is 12.3. The third-order valence-electron chi connectivity index (χ3n) is 5.82. The number of aromatic nitrogens is 4. The number of anilines is 1. The maximum absolute atomic E-state index is 12.4. The highest BCUT2D eigenvalue weighted by molar-refractivity contribution is 5.73. The molecule has 1 atom stereocenters. The Balaban J connectivity index is 1.72. The monoisotopic (exact) mass is 444 g/mol. The molecular formula is C25H28N6O2. The molecule has 0 radical (unpaired) electrons. The molecule has 3 aromatic heterocycles. The lowest BCUT2D eigenvalue weighted by atomic mass is 10.0. The number of nitrogen functional groups attached to an aromatic ring is 1. The molecule has 0 bridgehead atoms. The zero-order valence-electron chi connectivity index (χ0n) is 19.0. The molecule has 0 amide bonds. The topological polar surface area (TPSA) is 126 Å². The van der Waals surface area contributed by atoms with Gasteiger partial charge in [0.25, 0.3) is 5.56 Å². The molecule has 0 saturated heterocycles. The lowest BCUT2D eigenvalue weighted by Crippen LogP contribution is -2.23. The quantitative estimate of drug-likeness (QED) is 0.427. The van der Waals surface area contributed by atoms with Gasteiger partial charge in [0.05, 0.1) is 11.9 Å². The molecule has 1 unspecified atom stereocenters. The Morgan fingerprint density at radius 3 is 2.58 bits per heavy atom. The first kappa shape index (κ1) is 22.4. The second-order valence-electron chi connectivity index (χ2n) is 8.11. The van der Waals surface area contributed by atoms with Gasteiger partial charge in [-0.2, -0.15) is 0 Å². The van der Waals surface area contributed by atoms with Gasteiger partial charge in [0.15, 0.2) is 17.3 Å². The van der Waals surface area contributed by atoms with E-state index >= 15 is 0 Å². The molecule has 0 aliphatic carbocycles. The van der Waals surface area contributed by atoms with E-state index in [1.807, 2.05) is 37.4 Å². The fourth-order valence-corrected chi connectivity index (χ4v) is 3.85. The molecule has 3 heterocycles. The number of nitrogens with two attached hydrogens (primary N) is 2. The lowest BCUT2D eigenvalue weighted by molar-refractivity contribution is 0.433. The summed E-state index contributed by atoms with van der Waals surface area (Å²) in [7, 11) is 0. The van der Waals surface area contributed by atoms with Crippen LogP contribution in [-0.4, -0.2) is 19.7 Å². The third-order valence-corrected chi connectivity index (χ3v) is 5.82. The third kappa shape index (κ3) is 4.56. The van der Waals surface area contributed by atoms with Gasteiger partial charge >= 0.3 is 0 Å². The van der Waals surface area contributed by atoms with E-state index in [0.717, 1.165) is 29.5 Å². The summed E-state index contributed by atoms with van der Waals surface area (Å²) in [5.41, 5.74) is 16.4. The molecule has 8 nitrogen and oxygen atoms in total. The Bertz CT molecular complexity index is 1320. The minimum absolute atomic E-state index is 0.0371. The highest BCUT2D eigenvalue weighted by Gasteiger charge is 2.17. The van der Waals surface area contributed by atoms with Crippen LogP contribution in [0.5, 0.6) is 0 Å². The highest BCUT2D eigenvalue weighted by atomic mass is 16.5. The van der Waals surface area contributed by atoms with E-state index in [9.17, 15) is 4.79 Å². The second-order valence-corrected chi connectivity index (χ2v) is 8.11. The first-order chi connectivity index (χ1) is 15.9. The number of nitrogens with zero attached hydrogens (tertiary/aromatic N) is 4. The van der Waals surface area contributed by atoms with Gasteiger partial charge in [-0.1, -0.05) is 37.2 Å². The van der Waals surface area contributed by atoms with Crippen LogP contribution < -0.4 is 17.0 Å². The van der Waals surface area contributed by atoms with Gasteiger partial charge in [-0.15, -0.1) is 0 Å². The van der Waals surface area contributed by atoms with Crippen molar-refractivity contribution in [3.05, 3.63) is 70.8 Å². The standard InChI is InChI=1S/C25H28N6O2/c1-4-19(5-2)31-14-18(9-10-23(31)32)21-13-28-25(27)24(29-21)22-12-20(30-33-22)17-8-6-7-16(11-17)15(3)26/h6-15,19H,4-5,26H2,1-3H3,(H2,27,28). The molecule has 170 valence electrons. The largest absolute Gasteiger partial charge is 0.382 e. The van der Waals surface area contributed by atoms with Crippen LogP contribution in [0.4, 0.5) is 5.82 Å². The van der Waals surface area contributed by atoms with Gasteiger partial charge in [0, 0.05) is 41.5 Å². The Labute approximate surface area is 192 Å². The van der Waals surface area contributed by atoms with Crippen molar-refractivity contribution in [1.82, 2.24) is 19.7 Å². The molecular weight excluding hydrogens is 416 g/mol. The molecule has 0 aliphatic heterocycles. The summed E-state index contributed by atoms with van der Waals surface area (Å²) in [4.78, 5) is 21.4. The van der Waals surface area contributed by atoms with Crippen molar-refractivity contribution in [1.29, 1.82) is 0 Å². The van der Waals surface area contributed by atoms with Crippen molar-refractivity contribution in [3.63, 3.8) is 0 Å². The van der Waals surface area contributed by atoms with Crippen molar-refractivity contribution in [2.45, 2.75) is 45.7 Å². The molecule has 4 N–H and O–H groups in total. The van der Waals surface area contributed by atoms with Crippen LogP contribution in [0.1, 0.15) is 51.3 Å². The Hall–Kier alpha value is -3.78. The van der Waals surface area contributed by atoms with Gasteiger partial charge in [-0.3, -0.25) is 4.79 Å². The van der Waals surface area contributed by atoms with Crippen LogP contribution in [0.3, 0.4) is 0 Å². The number of pyridine rings is 1. The van der Waals surface area contributed by atoms with Gasteiger partial charge < -0.3 is 20.6 Å². The number of hydrogen-bond donors (Lipinski definition) is 2. The highest BCUT2D eigenvalue weighted by Crippen LogP contribution is 2.30. The van der Waals surface area contributed by atoms with E-state index in [1.54, 1.807) is 29.0 Å². The summed E-state index contributed by atoms with van der Waals surface area (Å²) >= 11 is 0. The van der Waals surface area contributed by atoms with Crippen molar-refractivity contribution >= 4 is 5.82 Å². The zero-order valence-corrected chi connectivity index (χ0v) is 19.0. The van der Waals surface area contributed by atoms with Crippen LogP contribution in [0.25, 0.3) is 34.0 Å². The van der Waals surface area contributed by atoms with Crippen LogP contribution in [0.15, 0.2) is 64.2 Å². The summed E-state index contributed by atoms with van der Waals surface area (Å²) in [6, 6.07) is 13.0. The molecule has 0 saturated carbocycles. The number of rotatable bonds is 7. The van der Waals surface area contributed by atoms with E-state index in [-0.39, 0.29) is 23.5 Å². The average molecular weight is 445 g/mol. The summed E-state index contributed by atoms with van der Waals surface area (Å²) < 4.78 is 7.33. The van der Waals surface area contributed by atoms with Crippen LogP contribution in [0, 0.1) is 0 Å². The fourth-order valence-electron chi connectivity index (χ4n) is 3.85. The summed E-state index contributed by atoms with van der Waals surface area (Å²) in [6.07, 6.45) is 5.15. The molecule has 8 heteroatoms. The first-order valence-electron chi connectivity index (χ1n) is 11.1. The van der Waals surface area contributed by atoms with Gasteiger partial charge in [0.1, 0.15) is 5.69 Å². The predicted molar refractivity (Wildman–Crippen MR) is 129 cm³/mol. The van der Waals surface area contributed by atoms with Crippen LogP contribution in [0.2, 0.25) is 0 Å². The smallest absolute Gasteiger partial charge is 0.250 e. The van der Waals surface area contributed by atoms with Gasteiger partial charge in [0.2, 0.25) is 0 Å². The Morgan fingerprint density at radius 2 is 1.85 bits per heavy atom. The molecule has 1 aromatic carbocycles. The van der Waals surface area contributed by atoms with Crippen molar-refractivity contribution in [2.75, 3.05) is 5.73 Å². The maximum Gasteiger partial charge on any atom is 0.250 e. The SMILES string of the molecule is CCC(CC)n1cc(-c2cnc(N)c(-c3cc(-c4cccc(C(C)N)c4)no3)n2)ccc1=O.